The van der Waals surface area contributed by atoms with Crippen LogP contribution in [0.3, 0.4) is 0 Å². The summed E-state index contributed by atoms with van der Waals surface area (Å²) in [4.78, 5) is 34.7. The predicted molar refractivity (Wildman–Crippen MR) is 77.4 cm³/mol. The van der Waals surface area contributed by atoms with Gasteiger partial charge in [-0.1, -0.05) is 18.2 Å². The number of nitrogens with one attached hydrogen (secondary N) is 1. The Balaban J connectivity index is 1.94. The number of rotatable bonds is 5. The lowest BCUT2D eigenvalue weighted by atomic mass is 10.3. The number of H-pyrrole nitrogens is 1. The van der Waals surface area contributed by atoms with Crippen molar-refractivity contribution in [3.8, 4) is 5.69 Å². The fraction of sp³-hybridized carbons (Fsp3) is 0.154. The molecule has 0 bridgehead atoms. The minimum atomic E-state index is -1.18. The summed E-state index contributed by atoms with van der Waals surface area (Å²) in [5.74, 6) is -1.07. The number of hydrogen-bond donors (Lipinski definition) is 2. The Bertz CT molecular complexity index is 949. The summed E-state index contributed by atoms with van der Waals surface area (Å²) in [6.45, 7) is -0.663. The molecule has 0 atom stereocenters. The van der Waals surface area contributed by atoms with Crippen LogP contribution < -0.4 is 11.4 Å². The molecule has 1 aromatic carbocycles. The fourth-order valence-electron chi connectivity index (χ4n) is 2.11. The molecular formula is C13H12N6O4. The first-order valence-corrected chi connectivity index (χ1v) is 6.62. The Morgan fingerprint density at radius 3 is 2.65 bits per heavy atom. The van der Waals surface area contributed by atoms with Crippen molar-refractivity contribution in [2.24, 2.45) is 0 Å². The first kappa shape index (κ1) is 14.5. The van der Waals surface area contributed by atoms with E-state index in [1.165, 1.54) is 10.9 Å². The van der Waals surface area contributed by atoms with Crippen molar-refractivity contribution in [3.05, 3.63) is 63.5 Å². The monoisotopic (exact) mass is 316 g/mol. The van der Waals surface area contributed by atoms with Crippen LogP contribution >= 0.6 is 0 Å². The molecule has 0 aliphatic carbocycles. The first-order chi connectivity index (χ1) is 11.1. The van der Waals surface area contributed by atoms with E-state index in [2.05, 4.69) is 15.3 Å². The summed E-state index contributed by atoms with van der Waals surface area (Å²) in [5.41, 5.74) is -0.430. The topological polar surface area (TPSA) is 128 Å². The highest BCUT2D eigenvalue weighted by Crippen LogP contribution is 2.03. The number of hydrogen-bond acceptors (Lipinski definition) is 5. The van der Waals surface area contributed by atoms with Crippen molar-refractivity contribution in [1.29, 1.82) is 0 Å². The summed E-state index contributed by atoms with van der Waals surface area (Å²) >= 11 is 0. The van der Waals surface area contributed by atoms with Gasteiger partial charge in [-0.25, -0.2) is 23.9 Å². The second kappa shape index (κ2) is 5.75. The third-order valence-electron chi connectivity index (χ3n) is 3.19. The lowest BCUT2D eigenvalue weighted by molar-refractivity contribution is -0.137. The molecule has 3 aromatic rings. The molecule has 2 heterocycles. The third kappa shape index (κ3) is 2.81. The minimum absolute atomic E-state index is 0.109. The fourth-order valence-corrected chi connectivity index (χ4v) is 2.11. The van der Waals surface area contributed by atoms with E-state index in [1.807, 2.05) is 6.07 Å². The number of aromatic amines is 1. The Labute approximate surface area is 128 Å². The molecule has 10 heteroatoms. The molecule has 2 aromatic heterocycles. The summed E-state index contributed by atoms with van der Waals surface area (Å²) in [6.07, 6.45) is 1.35. The van der Waals surface area contributed by atoms with Crippen LogP contribution in [-0.2, 0) is 17.9 Å². The first-order valence-electron chi connectivity index (χ1n) is 6.62. The third-order valence-corrected chi connectivity index (χ3v) is 3.19. The standard InChI is InChI=1S/C13H12N6O4/c20-11(21)7-17-10(15-16-12(17)22)6-19-13(23)18(8-14-19)9-4-2-1-3-5-9/h1-5,8H,6-7H2,(H,16,22)(H,20,21). The number of aromatic nitrogens is 6. The molecule has 0 radical (unpaired) electrons. The van der Waals surface area contributed by atoms with Crippen molar-refractivity contribution < 1.29 is 9.90 Å². The molecule has 0 amide bonds. The van der Waals surface area contributed by atoms with Crippen LogP contribution in [0.5, 0.6) is 0 Å². The molecule has 0 aliphatic rings. The Morgan fingerprint density at radius 2 is 1.96 bits per heavy atom. The molecule has 0 aliphatic heterocycles. The van der Waals surface area contributed by atoms with E-state index in [0.29, 0.717) is 5.69 Å². The normalized spacial score (nSPS) is 10.8. The minimum Gasteiger partial charge on any atom is -0.480 e. The number of carboxylic acid groups (broad SMARTS) is 1. The van der Waals surface area contributed by atoms with E-state index in [0.717, 1.165) is 9.25 Å². The van der Waals surface area contributed by atoms with Gasteiger partial charge in [0.2, 0.25) is 0 Å². The largest absolute Gasteiger partial charge is 0.480 e. The van der Waals surface area contributed by atoms with Crippen molar-refractivity contribution >= 4 is 5.97 Å². The van der Waals surface area contributed by atoms with Crippen molar-refractivity contribution in [2.45, 2.75) is 13.1 Å². The van der Waals surface area contributed by atoms with Crippen molar-refractivity contribution in [2.75, 3.05) is 0 Å². The molecule has 0 saturated carbocycles. The maximum absolute atomic E-state index is 12.3. The highest BCUT2D eigenvalue weighted by atomic mass is 16.4. The van der Waals surface area contributed by atoms with Crippen LogP contribution in [0.25, 0.3) is 5.69 Å². The van der Waals surface area contributed by atoms with Gasteiger partial charge in [-0.2, -0.15) is 10.2 Å². The van der Waals surface area contributed by atoms with Gasteiger partial charge in [-0.05, 0) is 12.1 Å². The predicted octanol–water partition coefficient (Wildman–Crippen LogP) is -0.948. The molecule has 118 valence electrons. The molecule has 2 N–H and O–H groups in total. The number of carboxylic acids is 1. The van der Waals surface area contributed by atoms with E-state index in [1.54, 1.807) is 24.3 Å². The van der Waals surface area contributed by atoms with Gasteiger partial charge in [0.1, 0.15) is 19.4 Å². The second-order valence-electron chi connectivity index (χ2n) is 4.70. The zero-order valence-corrected chi connectivity index (χ0v) is 11.8. The summed E-state index contributed by atoms with van der Waals surface area (Å²) < 4.78 is 3.38. The lowest BCUT2D eigenvalue weighted by Gasteiger charge is -2.02. The van der Waals surface area contributed by atoms with Gasteiger partial charge >= 0.3 is 17.3 Å². The SMILES string of the molecule is O=C(O)Cn1c(Cn2ncn(-c3ccccc3)c2=O)n[nH]c1=O. The van der Waals surface area contributed by atoms with Crippen LogP contribution in [0.2, 0.25) is 0 Å². The van der Waals surface area contributed by atoms with Gasteiger partial charge in [-0.3, -0.25) is 9.36 Å². The van der Waals surface area contributed by atoms with Crippen molar-refractivity contribution in [1.82, 2.24) is 29.1 Å². The summed E-state index contributed by atoms with van der Waals surface area (Å²) in [6, 6.07) is 8.91. The number of aliphatic carboxylic acids is 1. The molecular weight excluding hydrogens is 304 g/mol. The van der Waals surface area contributed by atoms with Crippen LogP contribution in [0.15, 0.2) is 46.2 Å². The Hall–Kier alpha value is -3.43. The number of benzene rings is 1. The van der Waals surface area contributed by atoms with Crippen LogP contribution in [0.4, 0.5) is 0 Å². The van der Waals surface area contributed by atoms with Crippen LogP contribution in [0, 0.1) is 0 Å². The Kier molecular flexibility index (Phi) is 3.63. The average molecular weight is 316 g/mol. The number of carbonyl (C=O) groups is 1. The number of nitrogens with zero attached hydrogens (tertiary/aromatic N) is 5. The zero-order valence-electron chi connectivity index (χ0n) is 11.8. The molecule has 10 nitrogen and oxygen atoms in total. The van der Waals surface area contributed by atoms with Gasteiger partial charge in [0.15, 0.2) is 5.82 Å². The quantitative estimate of drug-likeness (QED) is 0.625. The zero-order chi connectivity index (χ0) is 16.4. The highest BCUT2D eigenvalue weighted by Gasteiger charge is 2.14. The van der Waals surface area contributed by atoms with E-state index >= 15 is 0 Å². The van der Waals surface area contributed by atoms with Crippen LogP contribution in [-0.4, -0.2) is 40.2 Å². The van der Waals surface area contributed by atoms with E-state index < -0.39 is 23.9 Å². The van der Waals surface area contributed by atoms with E-state index in [4.69, 9.17) is 5.11 Å². The smallest absolute Gasteiger partial charge is 0.350 e. The van der Waals surface area contributed by atoms with Crippen molar-refractivity contribution in [3.63, 3.8) is 0 Å². The van der Waals surface area contributed by atoms with Gasteiger partial charge < -0.3 is 5.11 Å². The Morgan fingerprint density at radius 1 is 1.22 bits per heavy atom. The lowest BCUT2D eigenvalue weighted by Crippen LogP contribution is -2.28. The molecule has 0 saturated heterocycles. The molecule has 0 unspecified atom stereocenters. The number of para-hydroxylation sites is 1. The maximum Gasteiger partial charge on any atom is 0.350 e. The summed E-state index contributed by atoms with van der Waals surface area (Å²) in [7, 11) is 0. The van der Waals surface area contributed by atoms with Gasteiger partial charge in [0.05, 0.1) is 5.69 Å². The van der Waals surface area contributed by atoms with Gasteiger partial charge in [0, 0.05) is 0 Å². The van der Waals surface area contributed by atoms with E-state index in [9.17, 15) is 14.4 Å². The summed E-state index contributed by atoms with van der Waals surface area (Å²) in [5, 5.41) is 18.7. The maximum atomic E-state index is 12.3. The average Bonchev–Trinajstić information content (AvgIpc) is 3.06. The highest BCUT2D eigenvalue weighted by molar-refractivity contribution is 5.66. The second-order valence-corrected chi connectivity index (χ2v) is 4.70. The van der Waals surface area contributed by atoms with Gasteiger partial charge in [0.25, 0.3) is 0 Å². The molecule has 3 rings (SSSR count). The molecule has 0 fully saturated rings. The molecule has 23 heavy (non-hydrogen) atoms. The van der Waals surface area contributed by atoms with E-state index in [-0.39, 0.29) is 12.4 Å². The van der Waals surface area contributed by atoms with Gasteiger partial charge in [-0.15, -0.1) is 0 Å². The van der Waals surface area contributed by atoms with Crippen LogP contribution in [0.1, 0.15) is 5.82 Å². The molecule has 0 spiro atoms.